The number of para-hydroxylation sites is 1. The number of hydrogen-bond donors (Lipinski definition) is 1. The monoisotopic (exact) mass is 375 g/mol. The minimum atomic E-state index is -0.432. The van der Waals surface area contributed by atoms with Crippen LogP contribution in [0.2, 0.25) is 10.0 Å². The molecule has 25 heavy (non-hydrogen) atoms. The van der Waals surface area contributed by atoms with Crippen molar-refractivity contribution in [3.8, 4) is 0 Å². The minimum absolute atomic E-state index is 0.0696. The zero-order chi connectivity index (χ0) is 17.8. The van der Waals surface area contributed by atoms with Crippen LogP contribution in [-0.4, -0.2) is 24.6 Å². The third kappa shape index (κ3) is 4.18. The highest BCUT2D eigenvalue weighted by Gasteiger charge is 2.34. The lowest BCUT2D eigenvalue weighted by molar-refractivity contribution is -0.126. The van der Waals surface area contributed by atoms with E-state index in [4.69, 9.17) is 23.2 Å². The van der Waals surface area contributed by atoms with Crippen LogP contribution < -0.4 is 10.3 Å². The van der Waals surface area contributed by atoms with Gasteiger partial charge in [0.15, 0.2) is 0 Å². The summed E-state index contributed by atoms with van der Waals surface area (Å²) in [5, 5.41) is 4.79. The first kappa shape index (κ1) is 17.5. The number of nitrogens with zero attached hydrogens (tertiary/aromatic N) is 2. The smallest absolute Gasteiger partial charge is 0.245 e. The van der Waals surface area contributed by atoms with Gasteiger partial charge in [0.2, 0.25) is 11.8 Å². The van der Waals surface area contributed by atoms with Gasteiger partial charge < -0.3 is 4.90 Å². The molecule has 0 aliphatic carbocycles. The molecule has 2 aromatic carbocycles. The molecule has 1 heterocycles. The zero-order valence-electron chi connectivity index (χ0n) is 13.2. The highest BCUT2D eigenvalue weighted by molar-refractivity contribution is 6.42. The van der Waals surface area contributed by atoms with E-state index in [1.54, 1.807) is 23.1 Å². The number of hydrazone groups is 1. The van der Waals surface area contributed by atoms with Crippen molar-refractivity contribution in [3.05, 3.63) is 64.1 Å². The van der Waals surface area contributed by atoms with E-state index in [1.165, 1.54) is 6.21 Å². The molecule has 0 unspecified atom stereocenters. The van der Waals surface area contributed by atoms with Crippen LogP contribution in [0.3, 0.4) is 0 Å². The first-order valence-corrected chi connectivity index (χ1v) is 8.43. The fourth-order valence-electron chi connectivity index (χ4n) is 2.60. The summed E-state index contributed by atoms with van der Waals surface area (Å²) in [5.74, 6) is -0.790. The summed E-state index contributed by atoms with van der Waals surface area (Å²) in [5.41, 5.74) is 3.98. The molecule has 1 saturated heterocycles. The Morgan fingerprint density at radius 1 is 1.16 bits per heavy atom. The molecule has 5 nitrogen and oxygen atoms in total. The molecule has 1 atom stereocenters. The Hall–Kier alpha value is -2.37. The number of hydrogen-bond acceptors (Lipinski definition) is 3. The molecule has 0 aromatic heterocycles. The quantitative estimate of drug-likeness (QED) is 0.656. The van der Waals surface area contributed by atoms with E-state index in [2.05, 4.69) is 10.5 Å². The molecule has 0 bridgehead atoms. The maximum atomic E-state index is 12.2. The van der Waals surface area contributed by atoms with Gasteiger partial charge in [0.05, 0.1) is 22.2 Å². The van der Waals surface area contributed by atoms with Crippen molar-refractivity contribution in [3.63, 3.8) is 0 Å². The topological polar surface area (TPSA) is 61.8 Å². The second kappa shape index (κ2) is 7.68. The molecule has 1 N–H and O–H groups in total. The number of anilines is 1. The molecule has 1 aliphatic heterocycles. The van der Waals surface area contributed by atoms with Gasteiger partial charge in [-0.2, -0.15) is 5.10 Å². The van der Waals surface area contributed by atoms with Gasteiger partial charge in [0.1, 0.15) is 0 Å². The molecule has 0 saturated carbocycles. The van der Waals surface area contributed by atoms with E-state index < -0.39 is 5.92 Å². The van der Waals surface area contributed by atoms with E-state index in [0.717, 1.165) is 5.69 Å². The number of halogens is 2. The molecule has 2 aromatic rings. The van der Waals surface area contributed by atoms with Crippen molar-refractivity contribution in [2.75, 3.05) is 11.4 Å². The van der Waals surface area contributed by atoms with Crippen molar-refractivity contribution in [1.29, 1.82) is 0 Å². The molecule has 2 amide bonds. The van der Waals surface area contributed by atoms with Crippen LogP contribution in [0.1, 0.15) is 12.0 Å². The van der Waals surface area contributed by atoms with Crippen molar-refractivity contribution < 1.29 is 9.59 Å². The zero-order valence-corrected chi connectivity index (χ0v) is 14.7. The molecule has 1 aliphatic rings. The standard InChI is InChI=1S/C18H15Cl2N3O2/c19-15-7-6-12(8-16(15)20)10-21-22-18(25)13-9-17(24)23(11-13)14-4-2-1-3-5-14/h1-8,10,13H,9,11H2,(H,22,25)/b21-10-/t13-/m0/s1. The van der Waals surface area contributed by atoms with Crippen LogP contribution >= 0.6 is 23.2 Å². The number of rotatable bonds is 4. The summed E-state index contributed by atoms with van der Waals surface area (Å²) in [7, 11) is 0. The van der Waals surface area contributed by atoms with E-state index >= 15 is 0 Å². The Morgan fingerprint density at radius 2 is 1.92 bits per heavy atom. The highest BCUT2D eigenvalue weighted by atomic mass is 35.5. The fraction of sp³-hybridized carbons (Fsp3) is 0.167. The maximum absolute atomic E-state index is 12.2. The van der Waals surface area contributed by atoms with Crippen molar-refractivity contribution in [2.45, 2.75) is 6.42 Å². The summed E-state index contributed by atoms with van der Waals surface area (Å²) in [6.45, 7) is 0.344. The Kier molecular flexibility index (Phi) is 5.36. The largest absolute Gasteiger partial charge is 0.312 e. The van der Waals surface area contributed by atoms with Gasteiger partial charge in [0, 0.05) is 18.7 Å². The summed E-state index contributed by atoms with van der Waals surface area (Å²) in [6.07, 6.45) is 1.65. The third-order valence-electron chi connectivity index (χ3n) is 3.90. The fourth-order valence-corrected chi connectivity index (χ4v) is 2.90. The number of benzene rings is 2. The van der Waals surface area contributed by atoms with Crippen LogP contribution in [0.15, 0.2) is 53.6 Å². The number of carbonyl (C=O) groups is 2. The van der Waals surface area contributed by atoms with Gasteiger partial charge in [-0.05, 0) is 29.8 Å². The molecule has 7 heteroatoms. The predicted octanol–water partition coefficient (Wildman–Crippen LogP) is 3.50. The second-order valence-electron chi connectivity index (χ2n) is 5.65. The van der Waals surface area contributed by atoms with Crippen molar-refractivity contribution >= 4 is 46.9 Å². The maximum Gasteiger partial charge on any atom is 0.245 e. The van der Waals surface area contributed by atoms with Crippen LogP contribution in [0, 0.1) is 5.92 Å². The van der Waals surface area contributed by atoms with Crippen LogP contribution in [0.5, 0.6) is 0 Å². The summed E-state index contributed by atoms with van der Waals surface area (Å²) in [4.78, 5) is 26.0. The lowest BCUT2D eigenvalue weighted by Crippen LogP contribution is -2.30. The predicted molar refractivity (Wildman–Crippen MR) is 99.1 cm³/mol. The average Bonchev–Trinajstić information content (AvgIpc) is 3.01. The Bertz CT molecular complexity index is 824. The van der Waals surface area contributed by atoms with Gasteiger partial charge >= 0.3 is 0 Å². The third-order valence-corrected chi connectivity index (χ3v) is 4.63. The van der Waals surface area contributed by atoms with Gasteiger partial charge in [-0.1, -0.05) is 47.5 Å². The second-order valence-corrected chi connectivity index (χ2v) is 6.46. The molecular weight excluding hydrogens is 361 g/mol. The number of nitrogens with one attached hydrogen (secondary N) is 1. The van der Waals surface area contributed by atoms with E-state index in [0.29, 0.717) is 22.2 Å². The van der Waals surface area contributed by atoms with Crippen LogP contribution in [-0.2, 0) is 9.59 Å². The van der Waals surface area contributed by atoms with E-state index in [-0.39, 0.29) is 18.2 Å². The molecule has 0 radical (unpaired) electrons. The molecule has 128 valence electrons. The highest BCUT2D eigenvalue weighted by Crippen LogP contribution is 2.25. The Labute approximate surface area is 155 Å². The van der Waals surface area contributed by atoms with Gasteiger partial charge in [0.25, 0.3) is 0 Å². The molecular formula is C18H15Cl2N3O2. The summed E-state index contributed by atoms with van der Waals surface area (Å²) in [6, 6.07) is 14.3. The SMILES string of the molecule is O=C(N/N=C\c1ccc(Cl)c(Cl)c1)[C@H]1CC(=O)N(c2ccccc2)C1. The van der Waals surface area contributed by atoms with Gasteiger partial charge in [-0.25, -0.2) is 5.43 Å². The average molecular weight is 376 g/mol. The summed E-state index contributed by atoms with van der Waals surface area (Å²) >= 11 is 11.8. The molecule has 3 rings (SSSR count). The lowest BCUT2D eigenvalue weighted by Gasteiger charge is -2.16. The Morgan fingerprint density at radius 3 is 2.64 bits per heavy atom. The lowest BCUT2D eigenvalue weighted by atomic mass is 10.1. The first-order chi connectivity index (χ1) is 12.0. The van der Waals surface area contributed by atoms with Crippen LogP contribution in [0.25, 0.3) is 0 Å². The van der Waals surface area contributed by atoms with Gasteiger partial charge in [-0.15, -0.1) is 0 Å². The van der Waals surface area contributed by atoms with Gasteiger partial charge in [-0.3, -0.25) is 9.59 Å². The van der Waals surface area contributed by atoms with E-state index in [1.807, 2.05) is 30.3 Å². The molecule has 1 fully saturated rings. The van der Waals surface area contributed by atoms with Crippen molar-refractivity contribution in [1.82, 2.24) is 5.43 Å². The minimum Gasteiger partial charge on any atom is -0.312 e. The number of amides is 2. The molecule has 0 spiro atoms. The summed E-state index contributed by atoms with van der Waals surface area (Å²) < 4.78 is 0. The normalized spacial score (nSPS) is 17.3. The van der Waals surface area contributed by atoms with Crippen LogP contribution in [0.4, 0.5) is 5.69 Å². The number of carbonyl (C=O) groups excluding carboxylic acids is 2. The van der Waals surface area contributed by atoms with Crippen molar-refractivity contribution in [2.24, 2.45) is 11.0 Å². The first-order valence-electron chi connectivity index (χ1n) is 7.68. The Balaban J connectivity index is 1.59. The van der Waals surface area contributed by atoms with E-state index in [9.17, 15) is 9.59 Å².